The van der Waals surface area contributed by atoms with E-state index >= 15 is 0 Å². The van der Waals surface area contributed by atoms with E-state index in [2.05, 4.69) is 15.5 Å². The summed E-state index contributed by atoms with van der Waals surface area (Å²) in [5.74, 6) is 0.216. The minimum atomic E-state index is -3.74. The molecule has 31 heavy (non-hydrogen) atoms. The van der Waals surface area contributed by atoms with Crippen molar-refractivity contribution in [2.45, 2.75) is 30.0 Å². The second kappa shape index (κ2) is 9.99. The fourth-order valence-corrected chi connectivity index (χ4v) is 5.83. The molecule has 7 nitrogen and oxygen atoms in total. The van der Waals surface area contributed by atoms with Gasteiger partial charge in [-0.1, -0.05) is 71.1 Å². The topological polar surface area (TPSA) is 92.3 Å². The van der Waals surface area contributed by atoms with Crippen molar-refractivity contribution in [1.82, 2.24) is 10.2 Å². The van der Waals surface area contributed by atoms with Crippen molar-refractivity contribution in [3.8, 4) is 0 Å². The molecule has 0 bridgehead atoms. The Kier molecular flexibility index (Phi) is 7.58. The molecule has 1 aromatic heterocycles. The number of halogens is 1. The van der Waals surface area contributed by atoms with Gasteiger partial charge in [0.15, 0.2) is 4.34 Å². The number of anilines is 2. The molecule has 0 fully saturated rings. The maximum absolute atomic E-state index is 12.8. The van der Waals surface area contributed by atoms with Crippen molar-refractivity contribution in [3.63, 3.8) is 0 Å². The number of rotatable bonds is 8. The van der Waals surface area contributed by atoms with Crippen LogP contribution in [0.4, 0.5) is 10.8 Å². The normalized spacial score (nSPS) is 12.4. The predicted octanol–water partition coefficient (Wildman–Crippen LogP) is 4.59. The molecule has 1 amide bonds. The lowest BCUT2D eigenvalue weighted by Gasteiger charge is -2.28. The van der Waals surface area contributed by atoms with Crippen LogP contribution in [0.25, 0.3) is 0 Å². The molecule has 11 heteroatoms. The molecule has 0 spiro atoms. The lowest BCUT2D eigenvalue weighted by molar-refractivity contribution is -0.116. The Morgan fingerprint density at radius 2 is 1.94 bits per heavy atom. The molecule has 0 aliphatic heterocycles. The van der Waals surface area contributed by atoms with E-state index in [9.17, 15) is 13.2 Å². The van der Waals surface area contributed by atoms with Crippen LogP contribution < -0.4 is 9.62 Å². The number of carbonyl (C=O) groups excluding carboxylic acids is 1. The number of thioether (sulfide) groups is 1. The summed E-state index contributed by atoms with van der Waals surface area (Å²) in [5, 5.41) is 11.5. The van der Waals surface area contributed by atoms with E-state index in [0.29, 0.717) is 20.2 Å². The summed E-state index contributed by atoms with van der Waals surface area (Å²) in [5.41, 5.74) is 2.28. The van der Waals surface area contributed by atoms with Gasteiger partial charge in [0.05, 0.1) is 11.9 Å². The minimum Gasteiger partial charge on any atom is -0.299 e. The average molecular weight is 497 g/mol. The van der Waals surface area contributed by atoms with Crippen molar-refractivity contribution < 1.29 is 13.2 Å². The fourth-order valence-electron chi connectivity index (χ4n) is 2.78. The Morgan fingerprint density at radius 1 is 1.23 bits per heavy atom. The maximum atomic E-state index is 12.8. The summed E-state index contributed by atoms with van der Waals surface area (Å²) in [6.07, 6.45) is 1.05. The highest BCUT2D eigenvalue weighted by molar-refractivity contribution is 8.00. The Labute approximate surface area is 194 Å². The monoisotopic (exact) mass is 496 g/mol. The van der Waals surface area contributed by atoms with Crippen molar-refractivity contribution in [1.29, 1.82) is 0 Å². The van der Waals surface area contributed by atoms with Gasteiger partial charge in [0.25, 0.3) is 0 Å². The zero-order chi connectivity index (χ0) is 22.6. The zero-order valence-electron chi connectivity index (χ0n) is 17.1. The van der Waals surface area contributed by atoms with Crippen LogP contribution >= 0.6 is 34.7 Å². The van der Waals surface area contributed by atoms with Gasteiger partial charge in [0.2, 0.25) is 21.1 Å². The molecule has 0 radical (unpaired) electrons. The molecule has 0 saturated carbocycles. The SMILES string of the molecule is Cc1ccc(N([C@@H](C)C(=O)Nc2nnc(SCc3ccccc3)s2)S(C)(=O)=O)cc1Cl. The van der Waals surface area contributed by atoms with E-state index in [1.54, 1.807) is 12.1 Å². The average Bonchev–Trinajstić information content (AvgIpc) is 3.16. The molecular weight excluding hydrogens is 476 g/mol. The van der Waals surface area contributed by atoms with Crippen molar-refractivity contribution in [2.75, 3.05) is 15.9 Å². The van der Waals surface area contributed by atoms with Gasteiger partial charge < -0.3 is 0 Å². The van der Waals surface area contributed by atoms with Crippen LogP contribution in [0.2, 0.25) is 5.02 Å². The highest BCUT2D eigenvalue weighted by Gasteiger charge is 2.30. The molecule has 0 aliphatic rings. The molecule has 0 unspecified atom stereocenters. The second-order valence-electron chi connectivity index (χ2n) is 6.80. The number of aromatic nitrogens is 2. The number of nitrogens with one attached hydrogen (secondary N) is 1. The highest BCUT2D eigenvalue weighted by atomic mass is 35.5. The number of sulfonamides is 1. The molecule has 3 rings (SSSR count). The van der Waals surface area contributed by atoms with E-state index in [0.717, 1.165) is 27.4 Å². The molecule has 1 heterocycles. The Bertz CT molecular complexity index is 1170. The molecule has 0 aliphatic carbocycles. The summed E-state index contributed by atoms with van der Waals surface area (Å²) in [7, 11) is -3.74. The number of benzene rings is 2. The molecule has 2 aromatic carbocycles. The van der Waals surface area contributed by atoms with Crippen molar-refractivity contribution >= 4 is 61.4 Å². The lowest BCUT2D eigenvalue weighted by atomic mass is 10.2. The van der Waals surface area contributed by atoms with Crippen LogP contribution in [0.1, 0.15) is 18.1 Å². The first-order valence-corrected chi connectivity index (χ1v) is 13.2. The van der Waals surface area contributed by atoms with Gasteiger partial charge in [-0.2, -0.15) is 0 Å². The second-order valence-corrected chi connectivity index (χ2v) is 11.3. The van der Waals surface area contributed by atoms with Gasteiger partial charge in [0.1, 0.15) is 6.04 Å². The van der Waals surface area contributed by atoms with E-state index in [1.807, 2.05) is 37.3 Å². The first-order valence-electron chi connectivity index (χ1n) is 9.22. The zero-order valence-corrected chi connectivity index (χ0v) is 20.3. The summed E-state index contributed by atoms with van der Waals surface area (Å²) < 4.78 is 26.6. The molecule has 164 valence electrons. The van der Waals surface area contributed by atoms with Gasteiger partial charge in [-0.3, -0.25) is 14.4 Å². The largest absolute Gasteiger partial charge is 0.299 e. The summed E-state index contributed by atoms with van der Waals surface area (Å²) in [4.78, 5) is 12.8. The van der Waals surface area contributed by atoms with Gasteiger partial charge in [-0.25, -0.2) is 8.42 Å². The van der Waals surface area contributed by atoms with Crippen molar-refractivity contribution in [3.05, 3.63) is 64.7 Å². The number of nitrogens with zero attached hydrogens (tertiary/aromatic N) is 3. The first-order chi connectivity index (χ1) is 14.6. The van der Waals surface area contributed by atoms with Gasteiger partial charge >= 0.3 is 0 Å². The van der Waals surface area contributed by atoms with Crippen LogP contribution in [0, 0.1) is 6.92 Å². The quantitative estimate of drug-likeness (QED) is 0.362. The Morgan fingerprint density at radius 3 is 2.58 bits per heavy atom. The molecule has 0 saturated heterocycles. The first kappa shape index (κ1) is 23.5. The highest BCUT2D eigenvalue weighted by Crippen LogP contribution is 2.30. The van der Waals surface area contributed by atoms with E-state index < -0.39 is 22.0 Å². The Hall–Kier alpha value is -2.14. The van der Waals surface area contributed by atoms with Crippen LogP contribution in [0.3, 0.4) is 0 Å². The van der Waals surface area contributed by atoms with Crippen LogP contribution in [-0.2, 0) is 20.6 Å². The standard InChI is InChI=1S/C20H21ClN4O3S3/c1-13-9-10-16(11-17(13)21)25(31(3,27)28)14(2)18(26)22-19-23-24-20(30-19)29-12-15-7-5-4-6-8-15/h4-11,14H,12H2,1-3H3,(H,22,23,26)/t14-/m0/s1. The smallest absolute Gasteiger partial charge is 0.249 e. The van der Waals surface area contributed by atoms with Crippen LogP contribution in [0.5, 0.6) is 0 Å². The Balaban J connectivity index is 1.71. The van der Waals surface area contributed by atoms with E-state index in [4.69, 9.17) is 11.6 Å². The van der Waals surface area contributed by atoms with Crippen LogP contribution in [-0.4, -0.2) is 36.8 Å². The molecule has 3 aromatic rings. The number of hydrogen-bond donors (Lipinski definition) is 1. The molecule has 1 N–H and O–H groups in total. The molecule has 1 atom stereocenters. The minimum absolute atomic E-state index is 0.308. The summed E-state index contributed by atoms with van der Waals surface area (Å²) in [6, 6.07) is 13.8. The van der Waals surface area contributed by atoms with Gasteiger partial charge in [-0.15, -0.1) is 10.2 Å². The van der Waals surface area contributed by atoms with Gasteiger partial charge in [0, 0.05) is 10.8 Å². The van der Waals surface area contributed by atoms with Gasteiger partial charge in [-0.05, 0) is 37.1 Å². The third-order valence-electron chi connectivity index (χ3n) is 4.34. The number of aryl methyl sites for hydroxylation is 1. The third-order valence-corrected chi connectivity index (χ3v) is 8.03. The van der Waals surface area contributed by atoms with Crippen LogP contribution in [0.15, 0.2) is 52.9 Å². The number of hydrogen-bond acceptors (Lipinski definition) is 7. The summed E-state index contributed by atoms with van der Waals surface area (Å²) >= 11 is 8.91. The maximum Gasteiger partial charge on any atom is 0.249 e. The molecular formula is C20H21ClN4O3S3. The van der Waals surface area contributed by atoms with Crippen molar-refractivity contribution in [2.24, 2.45) is 0 Å². The fraction of sp³-hybridized carbons (Fsp3) is 0.250. The lowest BCUT2D eigenvalue weighted by Crippen LogP contribution is -2.45. The summed E-state index contributed by atoms with van der Waals surface area (Å²) in [6.45, 7) is 3.33. The van der Waals surface area contributed by atoms with E-state index in [1.165, 1.54) is 36.1 Å². The number of amides is 1. The predicted molar refractivity (Wildman–Crippen MR) is 128 cm³/mol. The third kappa shape index (κ3) is 6.19. The number of carbonyl (C=O) groups is 1. The van der Waals surface area contributed by atoms with E-state index in [-0.39, 0.29) is 0 Å².